The average molecular weight is 402 g/mol. The fourth-order valence-electron chi connectivity index (χ4n) is 2.99. The molecule has 0 bridgehead atoms. The molecule has 0 unspecified atom stereocenters. The summed E-state index contributed by atoms with van der Waals surface area (Å²) in [6, 6.07) is 17.1. The molecule has 0 spiro atoms. The van der Waals surface area contributed by atoms with E-state index in [1.54, 1.807) is 6.07 Å². The molecule has 0 saturated carbocycles. The number of benzene rings is 2. The Labute approximate surface area is 171 Å². The van der Waals surface area contributed by atoms with Crippen LogP contribution in [0.3, 0.4) is 0 Å². The summed E-state index contributed by atoms with van der Waals surface area (Å²) in [7, 11) is 0. The standard InChI is InChI=1S/C21H18N6O3/c22-20-19-21(24-12-23-20)27(13-25-19)10-18(29)30-11-17(28)26-16-9-5-4-8-15(16)14-6-2-1-3-7-14/h1-9,12-13H,10-11H2,(H,26,28)(H2,22,23,24). The summed E-state index contributed by atoms with van der Waals surface area (Å²) >= 11 is 0. The van der Waals surface area contributed by atoms with Crippen LogP contribution in [0.2, 0.25) is 0 Å². The third-order valence-corrected chi connectivity index (χ3v) is 4.38. The summed E-state index contributed by atoms with van der Waals surface area (Å²) in [6.07, 6.45) is 2.71. The summed E-state index contributed by atoms with van der Waals surface area (Å²) in [5.41, 5.74) is 9.03. The number of para-hydroxylation sites is 1. The van der Waals surface area contributed by atoms with E-state index >= 15 is 0 Å². The van der Waals surface area contributed by atoms with E-state index in [0.29, 0.717) is 16.9 Å². The highest BCUT2D eigenvalue weighted by molar-refractivity contribution is 5.97. The molecule has 4 aromatic rings. The van der Waals surface area contributed by atoms with Crippen molar-refractivity contribution < 1.29 is 14.3 Å². The number of ether oxygens (including phenoxy) is 1. The van der Waals surface area contributed by atoms with E-state index in [1.165, 1.54) is 17.2 Å². The van der Waals surface area contributed by atoms with Crippen LogP contribution >= 0.6 is 0 Å². The van der Waals surface area contributed by atoms with Crippen LogP contribution in [0.25, 0.3) is 22.3 Å². The van der Waals surface area contributed by atoms with E-state index in [9.17, 15) is 9.59 Å². The summed E-state index contributed by atoms with van der Waals surface area (Å²) in [6.45, 7) is -0.563. The Balaban J connectivity index is 1.37. The Bertz CT molecular complexity index is 1210. The molecule has 0 fully saturated rings. The van der Waals surface area contributed by atoms with E-state index in [-0.39, 0.29) is 12.4 Å². The van der Waals surface area contributed by atoms with Gasteiger partial charge < -0.3 is 20.4 Å². The van der Waals surface area contributed by atoms with E-state index in [1.807, 2.05) is 48.5 Å². The third-order valence-electron chi connectivity index (χ3n) is 4.38. The van der Waals surface area contributed by atoms with Gasteiger partial charge in [0.1, 0.15) is 18.4 Å². The Morgan fingerprint density at radius 3 is 2.60 bits per heavy atom. The molecule has 2 aromatic carbocycles. The van der Waals surface area contributed by atoms with E-state index in [2.05, 4.69) is 20.3 Å². The minimum Gasteiger partial charge on any atom is -0.454 e. The van der Waals surface area contributed by atoms with Gasteiger partial charge in [-0.2, -0.15) is 0 Å². The van der Waals surface area contributed by atoms with Crippen LogP contribution < -0.4 is 11.1 Å². The lowest BCUT2D eigenvalue weighted by molar-refractivity contribution is -0.147. The lowest BCUT2D eigenvalue weighted by Gasteiger charge is -2.11. The number of esters is 1. The molecule has 3 N–H and O–H groups in total. The maximum atomic E-state index is 12.3. The number of anilines is 2. The SMILES string of the molecule is Nc1ncnc2c1ncn2CC(=O)OCC(=O)Nc1ccccc1-c1ccccc1. The predicted molar refractivity (Wildman–Crippen MR) is 111 cm³/mol. The number of nitrogens with two attached hydrogens (primary N) is 1. The molecule has 0 atom stereocenters. The molecule has 0 saturated heterocycles. The molecule has 9 nitrogen and oxygen atoms in total. The van der Waals surface area contributed by atoms with Crippen LogP contribution in [-0.2, 0) is 20.9 Å². The monoisotopic (exact) mass is 402 g/mol. The van der Waals surface area contributed by atoms with Gasteiger partial charge in [-0.15, -0.1) is 0 Å². The number of hydrogen-bond donors (Lipinski definition) is 2. The largest absolute Gasteiger partial charge is 0.454 e. The average Bonchev–Trinajstić information content (AvgIpc) is 3.17. The zero-order valence-electron chi connectivity index (χ0n) is 15.9. The highest BCUT2D eigenvalue weighted by atomic mass is 16.5. The van der Waals surface area contributed by atoms with Crippen LogP contribution in [-0.4, -0.2) is 38.0 Å². The first-order chi connectivity index (χ1) is 14.6. The number of carbonyl (C=O) groups is 2. The van der Waals surface area contributed by atoms with Crippen LogP contribution in [0.4, 0.5) is 11.5 Å². The Morgan fingerprint density at radius 1 is 1.00 bits per heavy atom. The van der Waals surface area contributed by atoms with Crippen LogP contribution in [0, 0.1) is 0 Å². The Morgan fingerprint density at radius 2 is 1.77 bits per heavy atom. The summed E-state index contributed by atoms with van der Waals surface area (Å²) < 4.78 is 6.58. The number of nitrogens with zero attached hydrogens (tertiary/aromatic N) is 4. The lowest BCUT2D eigenvalue weighted by Crippen LogP contribution is -2.23. The molecule has 0 radical (unpaired) electrons. The van der Waals surface area contributed by atoms with Gasteiger partial charge in [0.15, 0.2) is 18.1 Å². The molecule has 0 aliphatic carbocycles. The summed E-state index contributed by atoms with van der Waals surface area (Å²) in [5.74, 6) is -0.810. The number of carbonyl (C=O) groups excluding carboxylic acids is 2. The molecule has 9 heteroatoms. The molecular weight excluding hydrogens is 384 g/mol. The van der Waals surface area contributed by atoms with E-state index in [0.717, 1.165) is 11.1 Å². The quantitative estimate of drug-likeness (QED) is 0.474. The van der Waals surface area contributed by atoms with Gasteiger partial charge in [0, 0.05) is 11.3 Å². The zero-order chi connectivity index (χ0) is 20.9. The summed E-state index contributed by atoms with van der Waals surface area (Å²) in [5, 5.41) is 2.79. The topological polar surface area (TPSA) is 125 Å². The number of hydrogen-bond acceptors (Lipinski definition) is 7. The number of rotatable bonds is 6. The number of fused-ring (bicyclic) bond motifs is 1. The highest BCUT2D eigenvalue weighted by Gasteiger charge is 2.14. The van der Waals surface area contributed by atoms with Gasteiger partial charge in [0.25, 0.3) is 5.91 Å². The maximum absolute atomic E-state index is 12.3. The van der Waals surface area contributed by atoms with Crippen molar-refractivity contribution in [1.29, 1.82) is 0 Å². The van der Waals surface area contributed by atoms with Gasteiger partial charge in [0.05, 0.1) is 6.33 Å². The number of nitrogens with one attached hydrogen (secondary N) is 1. The van der Waals surface area contributed by atoms with Gasteiger partial charge in [-0.25, -0.2) is 15.0 Å². The molecule has 30 heavy (non-hydrogen) atoms. The Hall–Kier alpha value is -4.27. The first-order valence-electron chi connectivity index (χ1n) is 9.13. The third kappa shape index (κ3) is 4.09. The molecular formula is C21H18N6O3. The first-order valence-corrected chi connectivity index (χ1v) is 9.13. The van der Waals surface area contributed by atoms with Crippen molar-refractivity contribution in [1.82, 2.24) is 19.5 Å². The number of amides is 1. The second kappa shape index (κ2) is 8.39. The smallest absolute Gasteiger partial charge is 0.326 e. The first kappa shape index (κ1) is 19.1. The fraction of sp³-hybridized carbons (Fsp3) is 0.0952. The van der Waals surface area contributed by atoms with Crippen LogP contribution in [0.1, 0.15) is 0 Å². The molecule has 2 aromatic heterocycles. The van der Waals surface area contributed by atoms with Gasteiger partial charge >= 0.3 is 5.97 Å². The van der Waals surface area contributed by atoms with Crippen molar-refractivity contribution in [2.24, 2.45) is 0 Å². The van der Waals surface area contributed by atoms with Gasteiger partial charge in [-0.05, 0) is 11.6 Å². The molecule has 0 aliphatic heterocycles. The summed E-state index contributed by atoms with van der Waals surface area (Å²) in [4.78, 5) is 36.5. The van der Waals surface area contributed by atoms with Gasteiger partial charge in [-0.3, -0.25) is 9.59 Å². The second-order valence-electron chi connectivity index (χ2n) is 6.42. The number of aromatic nitrogens is 4. The number of imidazole rings is 1. The van der Waals surface area contributed by atoms with E-state index in [4.69, 9.17) is 10.5 Å². The fourth-order valence-corrected chi connectivity index (χ4v) is 2.99. The van der Waals surface area contributed by atoms with Crippen molar-refractivity contribution in [3.63, 3.8) is 0 Å². The van der Waals surface area contributed by atoms with Gasteiger partial charge in [0.2, 0.25) is 0 Å². The van der Waals surface area contributed by atoms with Gasteiger partial charge in [-0.1, -0.05) is 48.5 Å². The van der Waals surface area contributed by atoms with E-state index < -0.39 is 18.5 Å². The maximum Gasteiger partial charge on any atom is 0.326 e. The van der Waals surface area contributed by atoms with Crippen LogP contribution in [0.5, 0.6) is 0 Å². The van der Waals surface area contributed by atoms with Crippen molar-refractivity contribution >= 4 is 34.5 Å². The second-order valence-corrected chi connectivity index (χ2v) is 6.42. The van der Waals surface area contributed by atoms with Crippen molar-refractivity contribution in [3.05, 3.63) is 67.3 Å². The van der Waals surface area contributed by atoms with Crippen molar-refractivity contribution in [3.8, 4) is 11.1 Å². The predicted octanol–water partition coefficient (Wildman–Crippen LogP) is 2.26. The molecule has 1 amide bonds. The minimum atomic E-state index is -0.599. The number of nitrogen functional groups attached to an aromatic ring is 1. The highest BCUT2D eigenvalue weighted by Crippen LogP contribution is 2.27. The molecule has 150 valence electrons. The molecule has 2 heterocycles. The molecule has 0 aliphatic rings. The lowest BCUT2D eigenvalue weighted by atomic mass is 10.0. The normalized spacial score (nSPS) is 10.7. The zero-order valence-corrected chi connectivity index (χ0v) is 15.9. The minimum absolute atomic E-state index is 0.152. The van der Waals surface area contributed by atoms with Crippen molar-refractivity contribution in [2.75, 3.05) is 17.7 Å². The van der Waals surface area contributed by atoms with Crippen LogP contribution in [0.15, 0.2) is 67.3 Å². The molecule has 4 rings (SSSR count). The Kier molecular flexibility index (Phi) is 5.33. The van der Waals surface area contributed by atoms with Crippen molar-refractivity contribution in [2.45, 2.75) is 6.54 Å².